The van der Waals surface area contributed by atoms with Crippen LogP contribution in [-0.2, 0) is 14.2 Å². The van der Waals surface area contributed by atoms with E-state index in [0.29, 0.717) is 18.1 Å². The minimum absolute atomic E-state index is 0.270. The molecule has 2 saturated heterocycles. The summed E-state index contributed by atoms with van der Waals surface area (Å²) in [7, 11) is 0. The molecule has 0 amide bonds. The second kappa shape index (κ2) is 7.92. The van der Waals surface area contributed by atoms with Crippen LogP contribution in [0.3, 0.4) is 0 Å². The molecule has 0 aliphatic carbocycles. The SMILES string of the molecule is C(OCC1CO1)C1CO1.CC(C)c1ccc(O)c(Br)c1Br. The Bertz CT molecular complexity index is 459. The zero-order valence-corrected chi connectivity index (χ0v) is 15.3. The van der Waals surface area contributed by atoms with E-state index in [0.717, 1.165) is 35.4 Å². The Kier molecular flexibility index (Phi) is 6.50. The fourth-order valence-electron chi connectivity index (χ4n) is 1.66. The van der Waals surface area contributed by atoms with Crippen molar-refractivity contribution < 1.29 is 19.3 Å². The number of halogens is 2. The number of hydrogen-bond acceptors (Lipinski definition) is 4. The molecular formula is C15H20Br2O4. The van der Waals surface area contributed by atoms with Gasteiger partial charge in [-0.1, -0.05) is 19.9 Å². The lowest BCUT2D eigenvalue weighted by atomic mass is 10.0. The molecule has 1 aromatic rings. The van der Waals surface area contributed by atoms with Gasteiger partial charge in [0.25, 0.3) is 0 Å². The van der Waals surface area contributed by atoms with Gasteiger partial charge in [0.1, 0.15) is 18.0 Å². The smallest absolute Gasteiger partial charge is 0.130 e. The third-order valence-electron chi connectivity index (χ3n) is 3.13. The summed E-state index contributed by atoms with van der Waals surface area (Å²) in [4.78, 5) is 0. The minimum Gasteiger partial charge on any atom is -0.507 e. The topological polar surface area (TPSA) is 54.5 Å². The molecule has 2 aliphatic rings. The van der Waals surface area contributed by atoms with E-state index in [1.165, 1.54) is 5.56 Å². The predicted molar refractivity (Wildman–Crippen MR) is 87.9 cm³/mol. The van der Waals surface area contributed by atoms with Gasteiger partial charge in [-0.3, -0.25) is 0 Å². The zero-order valence-electron chi connectivity index (χ0n) is 12.1. The van der Waals surface area contributed by atoms with Gasteiger partial charge in [0.15, 0.2) is 0 Å². The second-order valence-electron chi connectivity index (χ2n) is 5.40. The van der Waals surface area contributed by atoms with Crippen molar-refractivity contribution in [3.05, 3.63) is 26.6 Å². The van der Waals surface area contributed by atoms with E-state index in [1.807, 2.05) is 6.07 Å². The summed E-state index contributed by atoms with van der Waals surface area (Å²) in [6, 6.07) is 3.62. The lowest BCUT2D eigenvalue weighted by Gasteiger charge is -2.10. The molecule has 118 valence electrons. The van der Waals surface area contributed by atoms with E-state index in [-0.39, 0.29) is 5.75 Å². The van der Waals surface area contributed by atoms with E-state index in [9.17, 15) is 5.11 Å². The standard InChI is InChI=1S/C9H10Br2O.C6H10O3/c1-5(2)6-3-4-7(12)9(11)8(6)10;1(5-3-8-5)7-2-6-4-9-6/h3-5,12H,1-2H3;5-6H,1-4H2. The average Bonchev–Trinajstić information content (AvgIpc) is 3.31. The highest BCUT2D eigenvalue weighted by Gasteiger charge is 2.26. The minimum atomic E-state index is 0.270. The number of ether oxygens (including phenoxy) is 3. The first kappa shape index (κ1) is 17.2. The monoisotopic (exact) mass is 422 g/mol. The van der Waals surface area contributed by atoms with Crippen LogP contribution in [0, 0.1) is 0 Å². The van der Waals surface area contributed by atoms with Crippen molar-refractivity contribution in [2.45, 2.75) is 32.0 Å². The maximum absolute atomic E-state index is 9.33. The number of phenolic OH excluding ortho intramolecular Hbond substituents is 1. The number of rotatable bonds is 5. The van der Waals surface area contributed by atoms with Crippen LogP contribution in [0.25, 0.3) is 0 Å². The summed E-state index contributed by atoms with van der Waals surface area (Å²) >= 11 is 6.73. The first-order chi connectivity index (χ1) is 9.99. The normalized spacial score (nSPS) is 22.7. The highest BCUT2D eigenvalue weighted by atomic mass is 79.9. The molecule has 21 heavy (non-hydrogen) atoms. The van der Waals surface area contributed by atoms with E-state index >= 15 is 0 Å². The third kappa shape index (κ3) is 5.87. The van der Waals surface area contributed by atoms with Crippen molar-refractivity contribution in [2.24, 2.45) is 0 Å². The maximum atomic E-state index is 9.33. The van der Waals surface area contributed by atoms with Crippen LogP contribution in [-0.4, -0.2) is 43.7 Å². The lowest BCUT2D eigenvalue weighted by molar-refractivity contribution is 0.102. The van der Waals surface area contributed by atoms with Crippen molar-refractivity contribution in [1.29, 1.82) is 0 Å². The van der Waals surface area contributed by atoms with E-state index in [2.05, 4.69) is 45.7 Å². The van der Waals surface area contributed by atoms with Gasteiger partial charge in [0, 0.05) is 4.47 Å². The molecule has 6 heteroatoms. The third-order valence-corrected chi connectivity index (χ3v) is 5.32. The number of hydrogen-bond donors (Lipinski definition) is 1. The van der Waals surface area contributed by atoms with Crippen LogP contribution in [0.2, 0.25) is 0 Å². The number of benzene rings is 1. The molecule has 0 aromatic heterocycles. The summed E-state index contributed by atoms with van der Waals surface area (Å²) < 4.78 is 16.8. The lowest BCUT2D eigenvalue weighted by Crippen LogP contribution is -2.06. The maximum Gasteiger partial charge on any atom is 0.130 e. The van der Waals surface area contributed by atoms with Gasteiger partial charge in [0.05, 0.1) is 30.9 Å². The van der Waals surface area contributed by atoms with Crippen molar-refractivity contribution >= 4 is 31.9 Å². The largest absolute Gasteiger partial charge is 0.507 e. The highest BCUT2D eigenvalue weighted by Crippen LogP contribution is 2.37. The van der Waals surface area contributed by atoms with Crippen LogP contribution >= 0.6 is 31.9 Å². The van der Waals surface area contributed by atoms with Crippen LogP contribution in [0.5, 0.6) is 5.75 Å². The van der Waals surface area contributed by atoms with Crippen LogP contribution in [0.4, 0.5) is 0 Å². The number of aromatic hydroxyl groups is 1. The summed E-state index contributed by atoms with van der Waals surface area (Å²) in [5.41, 5.74) is 1.19. The molecule has 3 rings (SSSR count). The molecule has 0 bridgehead atoms. The van der Waals surface area contributed by atoms with Crippen molar-refractivity contribution in [1.82, 2.24) is 0 Å². The van der Waals surface area contributed by atoms with Gasteiger partial charge in [-0.15, -0.1) is 0 Å². The zero-order chi connectivity index (χ0) is 15.4. The summed E-state index contributed by atoms with van der Waals surface area (Å²) in [5.74, 6) is 0.725. The Balaban J connectivity index is 0.000000159. The van der Waals surface area contributed by atoms with Gasteiger partial charge < -0.3 is 19.3 Å². The molecule has 1 aromatic carbocycles. The van der Waals surface area contributed by atoms with E-state index in [1.54, 1.807) is 6.07 Å². The Morgan fingerprint density at radius 3 is 2.10 bits per heavy atom. The average molecular weight is 424 g/mol. The second-order valence-corrected chi connectivity index (χ2v) is 6.99. The Hall–Kier alpha value is -0.140. The Labute approximate surface area is 142 Å². The number of epoxide rings is 2. The van der Waals surface area contributed by atoms with E-state index < -0.39 is 0 Å². The quantitative estimate of drug-likeness (QED) is 0.731. The van der Waals surface area contributed by atoms with Crippen molar-refractivity contribution in [3.63, 3.8) is 0 Å². The molecule has 2 fully saturated rings. The molecule has 0 saturated carbocycles. The fraction of sp³-hybridized carbons (Fsp3) is 0.600. The van der Waals surface area contributed by atoms with Crippen LogP contribution in [0.15, 0.2) is 21.1 Å². The summed E-state index contributed by atoms with van der Waals surface area (Å²) in [6.45, 7) is 7.49. The molecule has 2 atom stereocenters. The molecule has 4 nitrogen and oxygen atoms in total. The van der Waals surface area contributed by atoms with E-state index in [4.69, 9.17) is 14.2 Å². The molecule has 1 N–H and O–H groups in total. The van der Waals surface area contributed by atoms with Gasteiger partial charge in [-0.25, -0.2) is 0 Å². The summed E-state index contributed by atoms with van der Waals surface area (Å²) in [5, 5.41) is 9.33. The molecule has 0 radical (unpaired) electrons. The highest BCUT2D eigenvalue weighted by molar-refractivity contribution is 9.13. The molecule has 2 unspecified atom stereocenters. The van der Waals surface area contributed by atoms with Gasteiger partial charge >= 0.3 is 0 Å². The fourth-order valence-corrected chi connectivity index (χ4v) is 2.81. The Morgan fingerprint density at radius 2 is 1.67 bits per heavy atom. The molecule has 2 heterocycles. The summed E-state index contributed by atoms with van der Waals surface area (Å²) in [6.07, 6.45) is 0.785. The molecule has 2 aliphatic heterocycles. The van der Waals surface area contributed by atoms with Crippen molar-refractivity contribution in [2.75, 3.05) is 26.4 Å². The first-order valence-electron chi connectivity index (χ1n) is 6.96. The number of phenols is 1. The molecular weight excluding hydrogens is 404 g/mol. The van der Waals surface area contributed by atoms with Gasteiger partial charge in [-0.05, 0) is 49.4 Å². The van der Waals surface area contributed by atoms with Gasteiger partial charge in [-0.2, -0.15) is 0 Å². The van der Waals surface area contributed by atoms with Crippen molar-refractivity contribution in [3.8, 4) is 5.75 Å². The Morgan fingerprint density at radius 1 is 1.14 bits per heavy atom. The van der Waals surface area contributed by atoms with Crippen LogP contribution < -0.4 is 0 Å². The predicted octanol–water partition coefficient (Wildman–Crippen LogP) is 3.84. The van der Waals surface area contributed by atoms with Crippen LogP contribution in [0.1, 0.15) is 25.3 Å². The molecule has 0 spiro atoms. The van der Waals surface area contributed by atoms with Gasteiger partial charge in [0.2, 0.25) is 0 Å². The first-order valence-corrected chi connectivity index (χ1v) is 8.55.